The Morgan fingerprint density at radius 2 is 1.86 bits per heavy atom. The van der Waals surface area contributed by atoms with Crippen LogP contribution < -0.4 is 15.4 Å². The van der Waals surface area contributed by atoms with E-state index in [0.29, 0.717) is 37.9 Å². The summed E-state index contributed by atoms with van der Waals surface area (Å²) in [5.74, 6) is -1.93. The van der Waals surface area contributed by atoms with Crippen LogP contribution in [0.4, 0.5) is 0 Å². The number of para-hydroxylation sites is 1. The van der Waals surface area contributed by atoms with Crippen LogP contribution in [-0.4, -0.2) is 78.3 Å². The van der Waals surface area contributed by atoms with Gasteiger partial charge in [0.1, 0.15) is 12.1 Å². The average Bonchev–Trinajstić information content (AvgIpc) is 3.66. The first-order valence-corrected chi connectivity index (χ1v) is 17.8. The lowest BCUT2D eigenvalue weighted by Gasteiger charge is -2.37. The minimum atomic E-state index is -3.68. The predicted molar refractivity (Wildman–Crippen MR) is 166 cm³/mol. The number of hydrogen-bond acceptors (Lipinski definition) is 8. The molecule has 1 aromatic carbocycles. The molecule has 2 saturated heterocycles. The lowest BCUT2D eigenvalue weighted by Crippen LogP contribution is -2.60. The van der Waals surface area contributed by atoms with Crippen LogP contribution in [0.1, 0.15) is 70.1 Å². The second-order valence-electron chi connectivity index (χ2n) is 14.5. The number of nitrogens with one attached hydrogen (secondary N) is 3. The molecule has 6 rings (SSSR count). The Labute approximate surface area is 262 Å². The van der Waals surface area contributed by atoms with Gasteiger partial charge in [0.2, 0.25) is 33.5 Å². The Bertz CT molecular complexity index is 1590. The number of likely N-dealkylation sites (tertiary alicyclic amines) is 1. The predicted octanol–water partition coefficient (Wildman–Crippen LogP) is 2.47. The van der Waals surface area contributed by atoms with Crippen LogP contribution in [0.2, 0.25) is 0 Å². The number of thiazole rings is 1. The van der Waals surface area contributed by atoms with E-state index in [-0.39, 0.29) is 40.4 Å². The fourth-order valence-corrected chi connectivity index (χ4v) is 9.68. The van der Waals surface area contributed by atoms with E-state index in [2.05, 4.69) is 34.2 Å². The van der Waals surface area contributed by atoms with Gasteiger partial charge >= 0.3 is 0 Å². The third-order valence-corrected chi connectivity index (χ3v) is 12.9. The number of benzene rings is 1. The summed E-state index contributed by atoms with van der Waals surface area (Å²) < 4.78 is 29.4. The SMILES string of the molecule is CC1(C)C2CN(C(=O)[C@@H](NS(=O)(=O)C3CC3)C(C)(C)C)C(C(=O)N[C@@H](C[C@@H]3CCNC3=O)C(=O)c3nc4ccccc4s3)C21. The first-order chi connectivity index (χ1) is 20.6. The van der Waals surface area contributed by atoms with Gasteiger partial charge in [0.15, 0.2) is 5.01 Å². The highest BCUT2D eigenvalue weighted by Gasteiger charge is 2.70. The molecule has 2 aromatic rings. The molecule has 0 spiro atoms. The van der Waals surface area contributed by atoms with E-state index in [9.17, 15) is 27.6 Å². The molecule has 0 radical (unpaired) electrons. The lowest BCUT2D eigenvalue weighted by molar-refractivity contribution is -0.143. The third kappa shape index (κ3) is 5.66. The number of fused-ring (bicyclic) bond motifs is 2. The zero-order chi connectivity index (χ0) is 31.8. The zero-order valence-corrected chi connectivity index (χ0v) is 27.4. The van der Waals surface area contributed by atoms with E-state index >= 15 is 0 Å². The van der Waals surface area contributed by atoms with Gasteiger partial charge in [-0.1, -0.05) is 46.8 Å². The number of piperidine rings is 1. The quantitative estimate of drug-likeness (QED) is 0.336. The van der Waals surface area contributed by atoms with E-state index in [4.69, 9.17) is 0 Å². The summed E-state index contributed by atoms with van der Waals surface area (Å²) in [6.45, 7) is 10.4. The molecule has 2 aliphatic heterocycles. The maximum atomic E-state index is 14.2. The number of rotatable bonds is 10. The summed E-state index contributed by atoms with van der Waals surface area (Å²) in [5, 5.41) is 5.51. The largest absolute Gasteiger partial charge is 0.356 e. The summed E-state index contributed by atoms with van der Waals surface area (Å²) in [5.41, 5.74) is -0.258. The van der Waals surface area contributed by atoms with Crippen molar-refractivity contribution in [2.45, 2.75) is 83.7 Å². The van der Waals surface area contributed by atoms with Gasteiger partial charge in [-0.3, -0.25) is 19.2 Å². The Kier molecular flexibility index (Phi) is 7.68. The van der Waals surface area contributed by atoms with Crippen molar-refractivity contribution in [2.24, 2.45) is 28.6 Å². The molecule has 1 aromatic heterocycles. The van der Waals surface area contributed by atoms with E-state index in [1.807, 2.05) is 24.3 Å². The smallest absolute Gasteiger partial charge is 0.243 e. The van der Waals surface area contributed by atoms with Crippen LogP contribution in [-0.2, 0) is 24.4 Å². The number of carbonyl (C=O) groups is 4. The maximum Gasteiger partial charge on any atom is 0.243 e. The van der Waals surface area contributed by atoms with Gasteiger partial charge in [0.25, 0.3) is 0 Å². The van der Waals surface area contributed by atoms with Crippen molar-refractivity contribution < 1.29 is 27.6 Å². The Balaban J connectivity index is 1.28. The number of amides is 3. The monoisotopic (exact) mass is 643 g/mol. The number of aromatic nitrogens is 1. The summed E-state index contributed by atoms with van der Waals surface area (Å²) in [6, 6.07) is 4.47. The molecule has 44 heavy (non-hydrogen) atoms. The van der Waals surface area contributed by atoms with Crippen molar-refractivity contribution in [3.8, 4) is 0 Å². The van der Waals surface area contributed by atoms with Gasteiger partial charge in [0, 0.05) is 19.0 Å². The van der Waals surface area contributed by atoms with Gasteiger partial charge in [-0.2, -0.15) is 0 Å². The van der Waals surface area contributed by atoms with Crippen molar-refractivity contribution >= 4 is 55.1 Å². The molecule has 11 nitrogen and oxygen atoms in total. The number of ketones is 1. The fraction of sp³-hybridized carbons (Fsp3) is 0.645. The van der Waals surface area contributed by atoms with Gasteiger partial charge in [-0.25, -0.2) is 18.1 Å². The Hall–Kier alpha value is -2.90. The van der Waals surface area contributed by atoms with Gasteiger partial charge in [-0.05, 0) is 60.5 Å². The van der Waals surface area contributed by atoms with E-state index in [1.54, 1.807) is 20.8 Å². The highest BCUT2D eigenvalue weighted by atomic mass is 32.2. The first kappa shape index (κ1) is 31.1. The molecule has 3 amide bonds. The molecule has 2 saturated carbocycles. The highest BCUT2D eigenvalue weighted by molar-refractivity contribution is 7.90. The molecule has 4 aliphatic rings. The van der Waals surface area contributed by atoms with Crippen LogP contribution in [0.5, 0.6) is 0 Å². The second-order valence-corrected chi connectivity index (χ2v) is 17.5. The molecular formula is C31H41N5O6S2. The van der Waals surface area contributed by atoms with Crippen LogP contribution in [0.25, 0.3) is 10.2 Å². The number of Topliss-reactive ketones (excluding diaryl/α,β-unsaturated/α-hetero) is 1. The molecule has 3 N–H and O–H groups in total. The molecule has 2 aliphatic carbocycles. The van der Waals surface area contributed by atoms with Crippen LogP contribution in [0.15, 0.2) is 24.3 Å². The van der Waals surface area contributed by atoms with Crippen molar-refractivity contribution in [1.29, 1.82) is 0 Å². The van der Waals surface area contributed by atoms with Gasteiger partial charge in [0.05, 0.1) is 21.5 Å². The summed E-state index contributed by atoms with van der Waals surface area (Å²) >= 11 is 1.24. The van der Waals surface area contributed by atoms with Crippen molar-refractivity contribution in [3.63, 3.8) is 0 Å². The van der Waals surface area contributed by atoms with Crippen LogP contribution in [0, 0.1) is 28.6 Å². The number of carbonyl (C=O) groups excluding carboxylic acids is 4. The van der Waals surface area contributed by atoms with E-state index < -0.39 is 56.5 Å². The molecule has 6 atom stereocenters. The molecule has 238 valence electrons. The number of sulfonamides is 1. The minimum Gasteiger partial charge on any atom is -0.356 e. The molecular weight excluding hydrogens is 603 g/mol. The normalized spacial score (nSPS) is 27.5. The van der Waals surface area contributed by atoms with E-state index in [1.165, 1.54) is 16.2 Å². The summed E-state index contributed by atoms with van der Waals surface area (Å²) in [4.78, 5) is 60.8. The van der Waals surface area contributed by atoms with E-state index in [0.717, 1.165) is 4.70 Å². The molecule has 3 heterocycles. The standard InChI is InChI=1S/C31H41N5O6S2/c1-30(2,3)25(35-44(41,42)17-10-11-17)29(40)36-15-18-22(31(18,4)5)23(36)27(39)33-20(14-16-12-13-32-26(16)38)24(37)28-34-19-8-6-7-9-21(19)43-28/h6-9,16-18,20,22-23,25,35H,10-15H2,1-5H3,(H,32,38)(H,33,39)/t16-,18?,20-,22?,23?,25+/m0/s1. The van der Waals surface area contributed by atoms with Crippen molar-refractivity contribution in [1.82, 2.24) is 25.2 Å². The second kappa shape index (κ2) is 10.9. The Morgan fingerprint density at radius 3 is 2.48 bits per heavy atom. The zero-order valence-electron chi connectivity index (χ0n) is 25.8. The van der Waals surface area contributed by atoms with Crippen LogP contribution >= 0.6 is 11.3 Å². The van der Waals surface area contributed by atoms with Crippen molar-refractivity contribution in [3.05, 3.63) is 29.3 Å². The Morgan fingerprint density at radius 1 is 1.16 bits per heavy atom. The molecule has 0 bridgehead atoms. The topological polar surface area (TPSA) is 155 Å². The minimum absolute atomic E-state index is 0.0712. The third-order valence-electron chi connectivity index (χ3n) is 9.94. The molecule has 13 heteroatoms. The molecule has 3 unspecified atom stereocenters. The van der Waals surface area contributed by atoms with Gasteiger partial charge < -0.3 is 15.5 Å². The summed E-state index contributed by atoms with van der Waals surface area (Å²) in [6.07, 6.45) is 1.81. The maximum absolute atomic E-state index is 14.2. The average molecular weight is 644 g/mol. The molecule has 4 fully saturated rings. The summed E-state index contributed by atoms with van der Waals surface area (Å²) in [7, 11) is -3.68. The number of hydrogen-bond donors (Lipinski definition) is 3. The van der Waals surface area contributed by atoms with Gasteiger partial charge in [-0.15, -0.1) is 11.3 Å². The fourth-order valence-electron chi connectivity index (χ4n) is 6.99. The lowest BCUT2D eigenvalue weighted by atomic mass is 9.86. The first-order valence-electron chi connectivity index (χ1n) is 15.4. The van der Waals surface area contributed by atoms with Crippen molar-refractivity contribution in [2.75, 3.05) is 13.1 Å². The van der Waals surface area contributed by atoms with Crippen LogP contribution in [0.3, 0.4) is 0 Å². The number of nitrogens with zero attached hydrogens (tertiary/aromatic N) is 2. The highest BCUT2D eigenvalue weighted by Crippen LogP contribution is 2.65.